The summed E-state index contributed by atoms with van der Waals surface area (Å²) in [6.07, 6.45) is 0. The van der Waals surface area contributed by atoms with Gasteiger partial charge in [0, 0.05) is 26.2 Å². The minimum atomic E-state index is -6.62. The predicted molar refractivity (Wildman–Crippen MR) is 114 cm³/mol. The summed E-state index contributed by atoms with van der Waals surface area (Å²) >= 11 is 0. The number of Topliss-reactive ketones (excluding diaryl/α,β-unsaturated/α-hetero) is 1. The minimum absolute atomic E-state index is 0. The Balaban J connectivity index is 0.00000612. The lowest BCUT2D eigenvalue weighted by molar-refractivity contribution is -0.144. The fourth-order valence-corrected chi connectivity index (χ4v) is 3.60. The molecule has 2 aliphatic heterocycles. The highest BCUT2D eigenvalue weighted by atomic mass is 35.5. The minimum Gasteiger partial charge on any atom is -0.378 e. The van der Waals surface area contributed by atoms with Gasteiger partial charge in [0.2, 0.25) is 0 Å². The summed E-state index contributed by atoms with van der Waals surface area (Å²) in [5, 5.41) is 0. The van der Waals surface area contributed by atoms with Crippen molar-refractivity contribution in [2.24, 2.45) is 8.80 Å². The van der Waals surface area contributed by atoms with Crippen molar-refractivity contribution in [3.8, 4) is 0 Å². The topological polar surface area (TPSA) is 152 Å². The standard InChI is InChI=1S/C14H16F6N4O8S2.2ClH/c15-13(16,17)33(27,28)21-9(10(25)12(26)24-3-7-32-8-4-24)11(23-1-5-31-6-2-23)22-34(29,30)14(18,19)20;;/h1-8H2;2*1H. The van der Waals surface area contributed by atoms with E-state index < -0.39 is 67.4 Å². The van der Waals surface area contributed by atoms with Crippen LogP contribution in [-0.4, -0.2) is 113 Å². The van der Waals surface area contributed by atoms with Crippen LogP contribution in [0.5, 0.6) is 0 Å². The highest BCUT2D eigenvalue weighted by Gasteiger charge is 2.50. The summed E-state index contributed by atoms with van der Waals surface area (Å²) < 4.78 is 139. The number of amidine groups is 1. The Hall–Kier alpha value is -1.74. The molecule has 0 aromatic heterocycles. The smallest absolute Gasteiger partial charge is 0.378 e. The lowest BCUT2D eigenvalue weighted by atomic mass is 10.1. The summed E-state index contributed by atoms with van der Waals surface area (Å²) in [5.74, 6) is -5.46. The highest BCUT2D eigenvalue weighted by molar-refractivity contribution is 7.91. The molecule has 2 heterocycles. The second-order valence-electron chi connectivity index (χ2n) is 6.53. The number of carbonyl (C=O) groups excluding carboxylic acids is 2. The molecule has 2 rings (SSSR count). The maximum atomic E-state index is 13.0. The third-order valence-corrected chi connectivity index (χ3v) is 6.24. The predicted octanol–water partition coefficient (Wildman–Crippen LogP) is 0.129. The van der Waals surface area contributed by atoms with Gasteiger partial charge in [-0.3, -0.25) is 9.59 Å². The number of ether oxygens (including phenoxy) is 2. The van der Waals surface area contributed by atoms with Gasteiger partial charge in [-0.05, 0) is 0 Å². The fraction of sp³-hybridized carbons (Fsp3) is 0.714. The first-order valence-corrected chi connectivity index (χ1v) is 11.9. The second kappa shape index (κ2) is 12.7. The van der Waals surface area contributed by atoms with Crippen molar-refractivity contribution in [3.63, 3.8) is 0 Å². The van der Waals surface area contributed by atoms with Gasteiger partial charge in [0.05, 0.1) is 26.4 Å². The molecule has 0 radical (unpaired) electrons. The number of nitrogens with zero attached hydrogens (tertiary/aromatic N) is 4. The van der Waals surface area contributed by atoms with Crippen LogP contribution in [0.4, 0.5) is 26.3 Å². The van der Waals surface area contributed by atoms with Gasteiger partial charge in [-0.15, -0.1) is 33.6 Å². The van der Waals surface area contributed by atoms with Gasteiger partial charge in [0.15, 0.2) is 11.5 Å². The molecule has 0 N–H and O–H groups in total. The molecular formula is C14H18Cl2F6N4O8S2. The number of carbonyl (C=O) groups is 2. The monoisotopic (exact) mass is 618 g/mol. The zero-order chi connectivity index (χ0) is 25.9. The van der Waals surface area contributed by atoms with Crippen molar-refractivity contribution in [3.05, 3.63) is 0 Å². The first-order chi connectivity index (χ1) is 15.5. The summed E-state index contributed by atoms with van der Waals surface area (Å²) in [6.45, 7) is -2.42. The Morgan fingerprint density at radius 3 is 1.42 bits per heavy atom. The zero-order valence-corrected chi connectivity index (χ0v) is 20.9. The number of amides is 1. The molecule has 2 saturated heterocycles. The van der Waals surface area contributed by atoms with Gasteiger partial charge in [-0.2, -0.15) is 43.2 Å². The fourth-order valence-electron chi connectivity index (χ4n) is 2.56. The molecule has 2 aliphatic rings. The molecule has 0 aromatic rings. The van der Waals surface area contributed by atoms with Crippen LogP contribution in [0.3, 0.4) is 0 Å². The highest BCUT2D eigenvalue weighted by Crippen LogP contribution is 2.27. The molecule has 0 bridgehead atoms. The molecule has 2 fully saturated rings. The molecule has 0 saturated carbocycles. The van der Waals surface area contributed by atoms with Gasteiger partial charge in [0.1, 0.15) is 0 Å². The summed E-state index contributed by atoms with van der Waals surface area (Å²) in [5.41, 5.74) is -14.3. The van der Waals surface area contributed by atoms with E-state index in [2.05, 4.69) is 8.80 Å². The first-order valence-electron chi connectivity index (χ1n) is 9.05. The molecule has 210 valence electrons. The average Bonchev–Trinajstić information content (AvgIpc) is 2.74. The summed E-state index contributed by atoms with van der Waals surface area (Å²) in [7, 11) is -13.1. The molecule has 0 atom stereocenters. The van der Waals surface area contributed by atoms with E-state index in [-0.39, 0.29) is 64.3 Å². The molecule has 0 unspecified atom stereocenters. The Kier molecular flexibility index (Phi) is 12.1. The Morgan fingerprint density at radius 1 is 0.667 bits per heavy atom. The molecule has 22 heteroatoms. The van der Waals surface area contributed by atoms with Crippen LogP contribution < -0.4 is 0 Å². The number of halogens is 8. The number of morpholine rings is 2. The van der Waals surface area contributed by atoms with E-state index in [1.165, 1.54) is 0 Å². The average molecular weight is 619 g/mol. The summed E-state index contributed by atoms with van der Waals surface area (Å²) in [4.78, 5) is 26.5. The Labute approximate surface area is 212 Å². The zero-order valence-electron chi connectivity index (χ0n) is 17.6. The van der Waals surface area contributed by atoms with Gasteiger partial charge >= 0.3 is 31.1 Å². The van der Waals surface area contributed by atoms with Crippen LogP contribution in [0.2, 0.25) is 0 Å². The number of rotatable bonds is 5. The summed E-state index contributed by atoms with van der Waals surface area (Å²) in [6, 6.07) is 0. The van der Waals surface area contributed by atoms with Crippen molar-refractivity contribution in [2.75, 3.05) is 52.6 Å². The number of hydrogen-bond acceptors (Lipinski definition) is 8. The van der Waals surface area contributed by atoms with Crippen molar-refractivity contribution in [2.45, 2.75) is 11.0 Å². The van der Waals surface area contributed by atoms with Gasteiger partial charge in [-0.1, -0.05) is 0 Å². The van der Waals surface area contributed by atoms with Crippen LogP contribution in [0.25, 0.3) is 0 Å². The van der Waals surface area contributed by atoms with Crippen molar-refractivity contribution in [1.29, 1.82) is 0 Å². The van der Waals surface area contributed by atoms with Crippen LogP contribution in [0.1, 0.15) is 0 Å². The molecule has 12 nitrogen and oxygen atoms in total. The van der Waals surface area contributed by atoms with Crippen molar-refractivity contribution < 1.29 is 62.2 Å². The van der Waals surface area contributed by atoms with Crippen molar-refractivity contribution in [1.82, 2.24) is 9.80 Å². The molecule has 1 amide bonds. The number of ketones is 1. The second-order valence-corrected chi connectivity index (χ2v) is 9.72. The van der Waals surface area contributed by atoms with Gasteiger partial charge < -0.3 is 19.3 Å². The maximum absolute atomic E-state index is 13.0. The third kappa shape index (κ3) is 8.13. The Morgan fingerprint density at radius 2 is 1.03 bits per heavy atom. The SMILES string of the molecule is Cl.Cl.O=C(C(=O)N1CCOCC1)C(=NS(=O)(=O)C(F)(F)F)C(=NS(=O)(=O)C(F)(F)F)N1CCOCC1. The third-order valence-electron chi connectivity index (χ3n) is 4.23. The first kappa shape index (κ1) is 34.3. The largest absolute Gasteiger partial charge is 0.518 e. The molecular weight excluding hydrogens is 601 g/mol. The number of alkyl halides is 6. The maximum Gasteiger partial charge on any atom is 0.518 e. The van der Waals surface area contributed by atoms with E-state index in [4.69, 9.17) is 9.47 Å². The number of hydrogen-bond donors (Lipinski definition) is 0. The van der Waals surface area contributed by atoms with Crippen LogP contribution in [0.15, 0.2) is 8.80 Å². The number of sulfonamides is 2. The van der Waals surface area contributed by atoms with Crippen LogP contribution in [-0.2, 0) is 39.1 Å². The molecule has 0 aromatic carbocycles. The van der Waals surface area contributed by atoms with Gasteiger partial charge in [0.25, 0.3) is 11.7 Å². The van der Waals surface area contributed by atoms with Crippen LogP contribution in [0, 0.1) is 0 Å². The van der Waals surface area contributed by atoms with Crippen molar-refractivity contribution >= 4 is 68.1 Å². The molecule has 36 heavy (non-hydrogen) atoms. The van der Waals surface area contributed by atoms with E-state index in [0.29, 0.717) is 4.90 Å². The molecule has 0 aliphatic carbocycles. The lowest BCUT2D eigenvalue weighted by Crippen LogP contribution is -2.52. The van der Waals surface area contributed by atoms with E-state index in [1.54, 1.807) is 0 Å². The van der Waals surface area contributed by atoms with E-state index in [1.807, 2.05) is 0 Å². The van der Waals surface area contributed by atoms with E-state index >= 15 is 0 Å². The molecule has 0 spiro atoms. The Bertz CT molecular complexity index is 1080. The lowest BCUT2D eigenvalue weighted by Gasteiger charge is -2.30. The van der Waals surface area contributed by atoms with E-state index in [9.17, 15) is 52.8 Å². The quantitative estimate of drug-likeness (QED) is 0.181. The van der Waals surface area contributed by atoms with Gasteiger partial charge in [-0.25, -0.2) is 0 Å². The normalized spacial score (nSPS) is 18.7. The van der Waals surface area contributed by atoms with Crippen LogP contribution >= 0.6 is 24.8 Å². The van der Waals surface area contributed by atoms with E-state index in [0.717, 1.165) is 4.90 Å².